The molecule has 0 aliphatic heterocycles. The summed E-state index contributed by atoms with van der Waals surface area (Å²) in [5.41, 5.74) is 6.11. The Bertz CT molecular complexity index is 738. The molecule has 0 saturated heterocycles. The predicted molar refractivity (Wildman–Crippen MR) is 95.5 cm³/mol. The van der Waals surface area contributed by atoms with E-state index < -0.39 is 0 Å². The molecular formula is C18H20N2OS. The van der Waals surface area contributed by atoms with Crippen LogP contribution in [0.15, 0.2) is 36.4 Å². The molecule has 0 aliphatic rings. The van der Waals surface area contributed by atoms with Gasteiger partial charge in [0.25, 0.3) is 5.91 Å². The van der Waals surface area contributed by atoms with Crippen LogP contribution in [0.25, 0.3) is 0 Å². The van der Waals surface area contributed by atoms with Crippen LogP contribution in [-0.2, 0) is 0 Å². The Balaban J connectivity index is 2.03. The molecule has 2 aromatic rings. The summed E-state index contributed by atoms with van der Waals surface area (Å²) in [4.78, 5) is 12.2. The number of hydrogen-bond donors (Lipinski definition) is 2. The maximum Gasteiger partial charge on any atom is 0.257 e. The van der Waals surface area contributed by atoms with Crippen molar-refractivity contribution in [3.8, 4) is 0 Å². The maximum atomic E-state index is 12.2. The van der Waals surface area contributed by atoms with Gasteiger partial charge in [0.2, 0.25) is 0 Å². The first-order valence-corrected chi connectivity index (χ1v) is 7.54. The number of amides is 1. The summed E-state index contributed by atoms with van der Waals surface area (Å²) in [6, 6.07) is 11.6. The Labute approximate surface area is 136 Å². The van der Waals surface area contributed by atoms with Crippen molar-refractivity contribution in [1.82, 2.24) is 5.32 Å². The summed E-state index contributed by atoms with van der Waals surface area (Å²) < 4.78 is 0. The molecule has 0 fully saturated rings. The van der Waals surface area contributed by atoms with Gasteiger partial charge in [0, 0.05) is 11.3 Å². The van der Waals surface area contributed by atoms with Crippen molar-refractivity contribution in [1.29, 1.82) is 0 Å². The fourth-order valence-corrected chi connectivity index (χ4v) is 2.25. The molecule has 2 aromatic carbocycles. The van der Waals surface area contributed by atoms with Crippen molar-refractivity contribution >= 4 is 28.9 Å². The number of anilines is 1. The fourth-order valence-electron chi connectivity index (χ4n) is 2.04. The van der Waals surface area contributed by atoms with Crippen LogP contribution in [0.4, 0.5) is 5.69 Å². The molecule has 114 valence electrons. The molecule has 0 radical (unpaired) electrons. The van der Waals surface area contributed by atoms with Gasteiger partial charge in [-0.1, -0.05) is 12.1 Å². The van der Waals surface area contributed by atoms with Gasteiger partial charge >= 0.3 is 0 Å². The quantitative estimate of drug-likeness (QED) is 0.822. The van der Waals surface area contributed by atoms with Crippen LogP contribution in [0.2, 0.25) is 0 Å². The minimum atomic E-state index is -0.204. The number of carbonyl (C=O) groups excluding carboxylic acids is 1. The third-order valence-electron chi connectivity index (χ3n) is 3.76. The Morgan fingerprint density at radius 2 is 1.45 bits per heavy atom. The van der Waals surface area contributed by atoms with Gasteiger partial charge < -0.3 is 5.32 Å². The zero-order chi connectivity index (χ0) is 16.3. The van der Waals surface area contributed by atoms with Gasteiger partial charge in [-0.15, -0.1) is 0 Å². The van der Waals surface area contributed by atoms with E-state index in [1.54, 1.807) is 6.07 Å². The van der Waals surface area contributed by atoms with E-state index in [0.29, 0.717) is 10.7 Å². The van der Waals surface area contributed by atoms with Crippen molar-refractivity contribution in [3.05, 3.63) is 64.2 Å². The van der Waals surface area contributed by atoms with Crippen LogP contribution in [0.1, 0.15) is 32.6 Å². The molecule has 0 spiro atoms. The van der Waals surface area contributed by atoms with Gasteiger partial charge in [0.1, 0.15) is 0 Å². The molecule has 2 N–H and O–H groups in total. The molecule has 0 aromatic heterocycles. The van der Waals surface area contributed by atoms with E-state index in [-0.39, 0.29) is 5.91 Å². The number of hydrogen-bond acceptors (Lipinski definition) is 2. The molecule has 4 heteroatoms. The van der Waals surface area contributed by atoms with Gasteiger partial charge in [-0.25, -0.2) is 0 Å². The van der Waals surface area contributed by atoms with Gasteiger partial charge in [-0.05, 0) is 86.4 Å². The average Bonchev–Trinajstić information content (AvgIpc) is 2.45. The molecule has 0 atom stereocenters. The van der Waals surface area contributed by atoms with Crippen LogP contribution in [-0.4, -0.2) is 11.0 Å². The monoisotopic (exact) mass is 312 g/mol. The molecule has 22 heavy (non-hydrogen) atoms. The number of rotatable bonds is 2. The lowest BCUT2D eigenvalue weighted by Gasteiger charge is -2.11. The third-order valence-corrected chi connectivity index (χ3v) is 3.97. The van der Waals surface area contributed by atoms with Gasteiger partial charge in [-0.2, -0.15) is 0 Å². The van der Waals surface area contributed by atoms with Crippen molar-refractivity contribution in [2.45, 2.75) is 27.7 Å². The van der Waals surface area contributed by atoms with E-state index in [9.17, 15) is 4.79 Å². The summed E-state index contributed by atoms with van der Waals surface area (Å²) >= 11 is 5.20. The molecule has 2 rings (SSSR count). The number of aryl methyl sites for hydroxylation is 4. The van der Waals surface area contributed by atoms with E-state index >= 15 is 0 Å². The van der Waals surface area contributed by atoms with Crippen LogP contribution in [0, 0.1) is 27.7 Å². The van der Waals surface area contributed by atoms with Crippen LogP contribution < -0.4 is 10.6 Å². The smallest absolute Gasteiger partial charge is 0.257 e. The molecule has 0 aliphatic carbocycles. The standard InChI is InChI=1S/C18H20N2OS/c1-11-5-7-15(9-13(11)3)17(21)20-18(22)19-16-8-6-12(2)14(4)10-16/h5-10H,1-4H3,(H2,19,20,21,22). The average molecular weight is 312 g/mol. The lowest BCUT2D eigenvalue weighted by Crippen LogP contribution is -2.34. The fraction of sp³-hybridized carbons (Fsp3) is 0.222. The second kappa shape index (κ2) is 6.71. The Kier molecular flexibility index (Phi) is 4.93. The van der Waals surface area contributed by atoms with E-state index in [1.165, 1.54) is 11.1 Å². The maximum absolute atomic E-state index is 12.2. The zero-order valence-electron chi connectivity index (χ0n) is 13.3. The normalized spacial score (nSPS) is 10.2. The van der Waals surface area contributed by atoms with E-state index in [4.69, 9.17) is 12.2 Å². The lowest BCUT2D eigenvalue weighted by atomic mass is 10.1. The summed E-state index contributed by atoms with van der Waals surface area (Å²) in [6.45, 7) is 8.09. The van der Waals surface area contributed by atoms with E-state index in [2.05, 4.69) is 17.6 Å². The third kappa shape index (κ3) is 3.92. The van der Waals surface area contributed by atoms with Crippen LogP contribution >= 0.6 is 12.2 Å². The highest BCUT2D eigenvalue weighted by molar-refractivity contribution is 7.80. The number of carbonyl (C=O) groups is 1. The molecule has 1 amide bonds. The molecule has 0 saturated carbocycles. The topological polar surface area (TPSA) is 41.1 Å². The van der Waals surface area contributed by atoms with Crippen molar-refractivity contribution in [2.75, 3.05) is 5.32 Å². The first-order valence-electron chi connectivity index (χ1n) is 7.13. The molecule has 0 heterocycles. The molecule has 0 bridgehead atoms. The van der Waals surface area contributed by atoms with E-state index in [0.717, 1.165) is 16.8 Å². The van der Waals surface area contributed by atoms with Gasteiger partial charge in [-0.3, -0.25) is 10.1 Å². The molecule has 0 unspecified atom stereocenters. The van der Waals surface area contributed by atoms with Crippen molar-refractivity contribution in [3.63, 3.8) is 0 Å². The summed E-state index contributed by atoms with van der Waals surface area (Å²) in [7, 11) is 0. The van der Waals surface area contributed by atoms with E-state index in [1.807, 2.05) is 51.1 Å². The lowest BCUT2D eigenvalue weighted by molar-refractivity contribution is 0.0977. The highest BCUT2D eigenvalue weighted by Gasteiger charge is 2.09. The van der Waals surface area contributed by atoms with Gasteiger partial charge in [0.05, 0.1) is 0 Å². The Morgan fingerprint density at radius 3 is 2.05 bits per heavy atom. The Morgan fingerprint density at radius 1 is 0.864 bits per heavy atom. The second-order valence-electron chi connectivity index (χ2n) is 5.51. The van der Waals surface area contributed by atoms with Crippen molar-refractivity contribution < 1.29 is 4.79 Å². The predicted octanol–water partition coefficient (Wildman–Crippen LogP) is 4.05. The largest absolute Gasteiger partial charge is 0.332 e. The minimum Gasteiger partial charge on any atom is -0.332 e. The highest BCUT2D eigenvalue weighted by atomic mass is 32.1. The summed E-state index contributed by atoms with van der Waals surface area (Å²) in [5, 5.41) is 6.04. The summed E-state index contributed by atoms with van der Waals surface area (Å²) in [5.74, 6) is -0.204. The highest BCUT2D eigenvalue weighted by Crippen LogP contribution is 2.14. The molecule has 3 nitrogen and oxygen atoms in total. The number of thiocarbonyl (C=S) groups is 1. The Hall–Kier alpha value is -2.20. The van der Waals surface area contributed by atoms with Crippen LogP contribution in [0.5, 0.6) is 0 Å². The summed E-state index contributed by atoms with van der Waals surface area (Å²) in [6.07, 6.45) is 0. The van der Waals surface area contributed by atoms with Crippen molar-refractivity contribution in [2.24, 2.45) is 0 Å². The van der Waals surface area contributed by atoms with Crippen LogP contribution in [0.3, 0.4) is 0 Å². The van der Waals surface area contributed by atoms with Gasteiger partial charge in [0.15, 0.2) is 5.11 Å². The number of benzene rings is 2. The SMILES string of the molecule is Cc1ccc(NC(=S)NC(=O)c2ccc(C)c(C)c2)cc1C. The first kappa shape index (κ1) is 16.2. The second-order valence-corrected chi connectivity index (χ2v) is 5.91. The number of nitrogens with one attached hydrogen (secondary N) is 2. The zero-order valence-corrected chi connectivity index (χ0v) is 14.1. The molecular weight excluding hydrogens is 292 g/mol. The first-order chi connectivity index (χ1) is 10.4. The minimum absolute atomic E-state index is 0.204.